The van der Waals surface area contributed by atoms with Crippen LogP contribution in [0.3, 0.4) is 0 Å². The van der Waals surface area contributed by atoms with Crippen molar-refractivity contribution in [2.45, 2.75) is 6.92 Å². The van der Waals surface area contributed by atoms with Gasteiger partial charge in [-0.1, -0.05) is 15.9 Å². The predicted molar refractivity (Wildman–Crippen MR) is 63.7 cm³/mol. The molecule has 0 aliphatic carbocycles. The lowest BCUT2D eigenvalue weighted by Gasteiger charge is -2.01. The van der Waals surface area contributed by atoms with Gasteiger partial charge in [0.25, 0.3) is 0 Å². The van der Waals surface area contributed by atoms with Gasteiger partial charge in [0.1, 0.15) is 11.3 Å². The predicted octanol–water partition coefficient (Wildman–Crippen LogP) is 3.22. The molecule has 0 fully saturated rings. The van der Waals surface area contributed by atoms with Gasteiger partial charge in [-0.05, 0) is 25.1 Å². The number of nitrogens with one attached hydrogen (secondary N) is 1. The summed E-state index contributed by atoms with van der Waals surface area (Å²) in [5.74, 6) is 1.03. The standard InChI is InChI=1S/C11H10BrNO3/c1-6-10(16-11(14)13-2)8-5-7(12)3-4-9(8)15-6/h3-5H,1-2H3,(H,13,14). The molecule has 0 radical (unpaired) electrons. The van der Waals surface area contributed by atoms with Crippen LogP contribution in [0, 0.1) is 6.92 Å². The summed E-state index contributed by atoms with van der Waals surface area (Å²) in [4.78, 5) is 11.2. The lowest BCUT2D eigenvalue weighted by Crippen LogP contribution is -2.22. The van der Waals surface area contributed by atoms with Gasteiger partial charge >= 0.3 is 6.09 Å². The summed E-state index contributed by atoms with van der Waals surface area (Å²) in [5.41, 5.74) is 0.694. The molecule has 2 rings (SSSR count). The first kappa shape index (κ1) is 11.0. The Morgan fingerprint density at radius 1 is 1.50 bits per heavy atom. The summed E-state index contributed by atoms with van der Waals surface area (Å²) in [5, 5.41) is 3.17. The number of halogens is 1. The number of aryl methyl sites for hydroxylation is 1. The summed E-state index contributed by atoms with van der Waals surface area (Å²) < 4.78 is 11.5. The molecule has 1 amide bonds. The Balaban J connectivity index is 2.54. The van der Waals surface area contributed by atoms with E-state index in [1.807, 2.05) is 18.2 Å². The Morgan fingerprint density at radius 3 is 2.94 bits per heavy atom. The molecule has 1 aromatic carbocycles. The molecule has 1 N–H and O–H groups in total. The molecule has 4 nitrogen and oxygen atoms in total. The number of carbonyl (C=O) groups is 1. The highest BCUT2D eigenvalue weighted by Gasteiger charge is 2.15. The van der Waals surface area contributed by atoms with Gasteiger partial charge in [-0.25, -0.2) is 4.79 Å². The summed E-state index contributed by atoms with van der Waals surface area (Å²) in [6.45, 7) is 1.76. The summed E-state index contributed by atoms with van der Waals surface area (Å²) in [6.07, 6.45) is -0.509. The minimum atomic E-state index is -0.509. The zero-order valence-electron chi connectivity index (χ0n) is 8.83. The van der Waals surface area contributed by atoms with E-state index < -0.39 is 6.09 Å². The van der Waals surface area contributed by atoms with Gasteiger partial charge in [-0.15, -0.1) is 0 Å². The van der Waals surface area contributed by atoms with Crippen LogP contribution in [0.5, 0.6) is 5.75 Å². The Morgan fingerprint density at radius 2 is 2.25 bits per heavy atom. The van der Waals surface area contributed by atoms with Crippen LogP contribution >= 0.6 is 15.9 Å². The van der Waals surface area contributed by atoms with Gasteiger partial charge in [0.15, 0.2) is 5.75 Å². The van der Waals surface area contributed by atoms with E-state index in [0.29, 0.717) is 17.1 Å². The maximum absolute atomic E-state index is 11.2. The molecule has 0 aliphatic heterocycles. The molecule has 5 heteroatoms. The summed E-state index contributed by atoms with van der Waals surface area (Å²) in [7, 11) is 1.51. The first-order valence-electron chi connectivity index (χ1n) is 4.70. The van der Waals surface area contributed by atoms with E-state index >= 15 is 0 Å². The zero-order valence-corrected chi connectivity index (χ0v) is 10.4. The SMILES string of the molecule is CNC(=O)Oc1c(C)oc2ccc(Br)cc12. The van der Waals surface area contributed by atoms with Gasteiger partial charge in [-0.3, -0.25) is 0 Å². The third kappa shape index (κ3) is 1.90. The molecule has 1 heterocycles. The Bertz CT molecular complexity index is 547. The van der Waals surface area contributed by atoms with E-state index in [1.165, 1.54) is 7.05 Å². The van der Waals surface area contributed by atoms with Crippen LogP contribution in [0.25, 0.3) is 11.0 Å². The van der Waals surface area contributed by atoms with Crippen LogP contribution in [0.2, 0.25) is 0 Å². The summed E-state index contributed by atoms with van der Waals surface area (Å²) >= 11 is 3.36. The molecule has 0 bridgehead atoms. The fourth-order valence-electron chi connectivity index (χ4n) is 1.44. The first-order valence-corrected chi connectivity index (χ1v) is 5.49. The van der Waals surface area contributed by atoms with Crippen molar-refractivity contribution < 1.29 is 13.9 Å². The van der Waals surface area contributed by atoms with Crippen molar-refractivity contribution in [2.24, 2.45) is 0 Å². The van der Waals surface area contributed by atoms with E-state index in [2.05, 4.69) is 21.2 Å². The second-order valence-corrected chi connectivity index (χ2v) is 4.18. The average molecular weight is 284 g/mol. The van der Waals surface area contributed by atoms with E-state index in [9.17, 15) is 4.79 Å². The lowest BCUT2D eigenvalue weighted by atomic mass is 10.2. The average Bonchev–Trinajstić information content (AvgIpc) is 2.55. The van der Waals surface area contributed by atoms with Crippen molar-refractivity contribution in [3.05, 3.63) is 28.4 Å². The number of amides is 1. The number of furan rings is 1. The molecule has 0 atom stereocenters. The largest absolute Gasteiger partial charge is 0.457 e. The van der Waals surface area contributed by atoms with E-state index in [1.54, 1.807) is 6.92 Å². The normalized spacial score (nSPS) is 10.4. The molecule has 0 saturated carbocycles. The van der Waals surface area contributed by atoms with Crippen molar-refractivity contribution in [1.82, 2.24) is 5.32 Å². The minimum Gasteiger partial charge on any atom is -0.457 e. The fraction of sp³-hybridized carbons (Fsp3) is 0.182. The lowest BCUT2D eigenvalue weighted by molar-refractivity contribution is 0.202. The Kier molecular flexibility index (Phi) is 2.87. The molecule has 0 spiro atoms. The van der Waals surface area contributed by atoms with Crippen molar-refractivity contribution in [2.75, 3.05) is 7.05 Å². The molecule has 16 heavy (non-hydrogen) atoms. The van der Waals surface area contributed by atoms with Crippen LogP contribution < -0.4 is 10.1 Å². The third-order valence-electron chi connectivity index (χ3n) is 2.17. The molecule has 0 unspecified atom stereocenters. The Hall–Kier alpha value is -1.49. The number of rotatable bonds is 1. The first-order chi connectivity index (χ1) is 7.61. The zero-order chi connectivity index (χ0) is 11.7. The van der Waals surface area contributed by atoms with Crippen molar-refractivity contribution >= 4 is 33.0 Å². The van der Waals surface area contributed by atoms with Crippen molar-refractivity contribution in [3.63, 3.8) is 0 Å². The molecule has 0 aliphatic rings. The van der Waals surface area contributed by atoms with Crippen LogP contribution in [0.4, 0.5) is 4.79 Å². The quantitative estimate of drug-likeness (QED) is 0.874. The smallest absolute Gasteiger partial charge is 0.412 e. The second-order valence-electron chi connectivity index (χ2n) is 3.27. The fourth-order valence-corrected chi connectivity index (χ4v) is 1.80. The maximum Gasteiger partial charge on any atom is 0.412 e. The molecular formula is C11H10BrNO3. The van der Waals surface area contributed by atoms with Crippen LogP contribution in [0.1, 0.15) is 5.76 Å². The van der Waals surface area contributed by atoms with Crippen molar-refractivity contribution in [1.29, 1.82) is 0 Å². The van der Waals surface area contributed by atoms with E-state index in [0.717, 1.165) is 9.86 Å². The number of carbonyl (C=O) groups excluding carboxylic acids is 1. The topological polar surface area (TPSA) is 51.5 Å². The highest BCUT2D eigenvalue weighted by molar-refractivity contribution is 9.10. The molecule has 1 aromatic heterocycles. The van der Waals surface area contributed by atoms with Gasteiger partial charge in [0, 0.05) is 11.5 Å². The van der Waals surface area contributed by atoms with Gasteiger partial charge < -0.3 is 14.5 Å². The van der Waals surface area contributed by atoms with E-state index in [4.69, 9.17) is 9.15 Å². The Labute approximate surface area is 101 Å². The minimum absolute atomic E-state index is 0.454. The third-order valence-corrected chi connectivity index (χ3v) is 2.66. The molecule has 84 valence electrons. The monoisotopic (exact) mass is 283 g/mol. The number of ether oxygens (including phenoxy) is 1. The van der Waals surface area contributed by atoms with Gasteiger partial charge in [0.05, 0.1) is 5.39 Å². The van der Waals surface area contributed by atoms with Crippen LogP contribution in [-0.4, -0.2) is 13.1 Å². The van der Waals surface area contributed by atoms with Crippen LogP contribution in [-0.2, 0) is 0 Å². The highest BCUT2D eigenvalue weighted by atomic mass is 79.9. The van der Waals surface area contributed by atoms with Gasteiger partial charge in [0.2, 0.25) is 0 Å². The highest BCUT2D eigenvalue weighted by Crippen LogP contribution is 2.34. The maximum atomic E-state index is 11.2. The van der Waals surface area contributed by atoms with E-state index in [-0.39, 0.29) is 0 Å². The van der Waals surface area contributed by atoms with Crippen LogP contribution in [0.15, 0.2) is 27.1 Å². The molecule has 2 aromatic rings. The molecule has 0 saturated heterocycles. The van der Waals surface area contributed by atoms with Gasteiger partial charge in [-0.2, -0.15) is 0 Å². The molecular weight excluding hydrogens is 274 g/mol. The number of benzene rings is 1. The van der Waals surface area contributed by atoms with Crippen molar-refractivity contribution in [3.8, 4) is 5.75 Å². The number of fused-ring (bicyclic) bond motifs is 1. The second kappa shape index (κ2) is 4.17. The summed E-state index contributed by atoms with van der Waals surface area (Å²) in [6, 6.07) is 5.54. The number of hydrogen-bond acceptors (Lipinski definition) is 3. The number of hydrogen-bond donors (Lipinski definition) is 1.